The average molecular weight is 354 g/mol. The number of pyridine rings is 2. The third kappa shape index (κ3) is 4.75. The van der Waals surface area contributed by atoms with Crippen molar-refractivity contribution in [2.75, 3.05) is 0 Å². The molecule has 2 aromatic heterocycles. The van der Waals surface area contributed by atoms with E-state index in [0.717, 1.165) is 34.7 Å². The smallest absolute Gasteiger partial charge is 0.336 e. The topological polar surface area (TPSA) is 78.4 Å². The van der Waals surface area contributed by atoms with Gasteiger partial charge in [-0.25, -0.2) is 9.59 Å². The molecule has 2 heterocycles. The van der Waals surface area contributed by atoms with E-state index < -0.39 is 11.9 Å². The van der Waals surface area contributed by atoms with Gasteiger partial charge in [0.1, 0.15) is 0 Å². The number of aryl methyl sites for hydroxylation is 6. The Hall–Kier alpha value is -3.02. The summed E-state index contributed by atoms with van der Waals surface area (Å²) in [6.45, 7) is 10.9. The summed E-state index contributed by atoms with van der Waals surface area (Å²) in [6.07, 6.45) is 2.07. The minimum Gasteiger partial charge on any atom is -0.421 e. The number of ether oxygens (including phenoxy) is 2. The van der Waals surface area contributed by atoms with Gasteiger partial charge in [-0.3, -0.25) is 9.97 Å². The van der Waals surface area contributed by atoms with Gasteiger partial charge in [0.15, 0.2) is 11.5 Å². The predicted molar refractivity (Wildman–Crippen MR) is 97.3 cm³/mol. The highest BCUT2D eigenvalue weighted by molar-refractivity contribution is 5.93. The zero-order chi connectivity index (χ0) is 19.4. The summed E-state index contributed by atoms with van der Waals surface area (Å²) in [6, 6.07) is 3.65. The van der Waals surface area contributed by atoms with E-state index in [4.69, 9.17) is 9.47 Å². The summed E-state index contributed by atoms with van der Waals surface area (Å²) in [5.41, 5.74) is 4.52. The number of aromatic nitrogens is 2. The Kier molecular flexibility index (Phi) is 5.87. The van der Waals surface area contributed by atoms with Crippen LogP contribution < -0.4 is 9.47 Å². The van der Waals surface area contributed by atoms with E-state index in [9.17, 15) is 9.59 Å². The molecule has 26 heavy (non-hydrogen) atoms. The van der Waals surface area contributed by atoms with Crippen LogP contribution in [0.5, 0.6) is 11.5 Å². The molecule has 6 heteroatoms. The van der Waals surface area contributed by atoms with E-state index in [1.807, 2.05) is 39.8 Å². The first-order valence-corrected chi connectivity index (χ1v) is 8.18. The molecular formula is C20H22N2O4. The molecule has 0 aliphatic carbocycles. The van der Waals surface area contributed by atoms with Crippen LogP contribution in [0.3, 0.4) is 0 Å². The minimum atomic E-state index is -0.672. The van der Waals surface area contributed by atoms with Crippen LogP contribution in [0.25, 0.3) is 0 Å². The van der Waals surface area contributed by atoms with Crippen molar-refractivity contribution >= 4 is 11.9 Å². The summed E-state index contributed by atoms with van der Waals surface area (Å²) in [5, 5.41) is 0. The molecule has 0 spiro atoms. The van der Waals surface area contributed by atoms with E-state index in [1.165, 1.54) is 0 Å². The molecule has 0 saturated heterocycles. The van der Waals surface area contributed by atoms with Crippen molar-refractivity contribution in [2.24, 2.45) is 0 Å². The van der Waals surface area contributed by atoms with Crippen molar-refractivity contribution in [2.45, 2.75) is 41.5 Å². The summed E-state index contributed by atoms with van der Waals surface area (Å²) >= 11 is 0. The lowest BCUT2D eigenvalue weighted by atomic mass is 10.2. The first kappa shape index (κ1) is 19.3. The molecule has 0 aliphatic rings. The van der Waals surface area contributed by atoms with Gasteiger partial charge in [-0.15, -0.1) is 0 Å². The fraction of sp³-hybridized carbons (Fsp3) is 0.300. The van der Waals surface area contributed by atoms with E-state index in [1.54, 1.807) is 13.8 Å². The average Bonchev–Trinajstić information content (AvgIpc) is 2.52. The van der Waals surface area contributed by atoms with Crippen LogP contribution in [0.4, 0.5) is 0 Å². The Bertz CT molecular complexity index is 781. The standard InChI is InChI=1S/C20H22N2O4/c1-11-9-13(3)21-15(5)19(11)25-17(23)7-8-18(24)26-20-12(2)10-14(4)22-16(20)6/h7-10H,1-6H3/b8-7-. The van der Waals surface area contributed by atoms with Gasteiger partial charge in [-0.1, -0.05) is 0 Å². The Morgan fingerprint density at radius 1 is 0.731 bits per heavy atom. The SMILES string of the molecule is Cc1cc(C)c(OC(=O)/C=C\C(=O)Oc2c(C)cc(C)nc2C)c(C)n1. The van der Waals surface area contributed by atoms with Crippen molar-refractivity contribution in [3.05, 3.63) is 58.2 Å². The van der Waals surface area contributed by atoms with Gasteiger partial charge >= 0.3 is 11.9 Å². The first-order valence-electron chi connectivity index (χ1n) is 8.18. The predicted octanol–water partition coefficient (Wildman–Crippen LogP) is 3.39. The van der Waals surface area contributed by atoms with Crippen LogP contribution in [-0.2, 0) is 9.59 Å². The molecule has 0 bridgehead atoms. The van der Waals surface area contributed by atoms with Crippen molar-refractivity contribution in [1.82, 2.24) is 9.97 Å². The highest BCUT2D eigenvalue weighted by Crippen LogP contribution is 2.23. The molecule has 0 saturated carbocycles. The second-order valence-electron chi connectivity index (χ2n) is 6.17. The number of carbonyl (C=O) groups excluding carboxylic acids is 2. The molecule has 136 valence electrons. The third-order valence-electron chi connectivity index (χ3n) is 3.67. The molecule has 2 aromatic rings. The molecule has 0 fully saturated rings. The largest absolute Gasteiger partial charge is 0.421 e. The van der Waals surface area contributed by atoms with Crippen LogP contribution >= 0.6 is 0 Å². The van der Waals surface area contributed by atoms with Gasteiger partial charge in [0.05, 0.1) is 11.4 Å². The Morgan fingerprint density at radius 2 is 1.08 bits per heavy atom. The van der Waals surface area contributed by atoms with Crippen LogP contribution in [0, 0.1) is 41.5 Å². The fourth-order valence-corrected chi connectivity index (χ4v) is 2.74. The zero-order valence-corrected chi connectivity index (χ0v) is 15.8. The number of hydrogen-bond donors (Lipinski definition) is 0. The fourth-order valence-electron chi connectivity index (χ4n) is 2.74. The minimum absolute atomic E-state index is 0.396. The lowest BCUT2D eigenvalue weighted by molar-refractivity contribution is -0.131. The Labute approximate surface area is 152 Å². The van der Waals surface area contributed by atoms with E-state index in [2.05, 4.69) is 9.97 Å². The molecule has 0 atom stereocenters. The maximum absolute atomic E-state index is 12.0. The normalized spacial score (nSPS) is 10.8. The van der Waals surface area contributed by atoms with Gasteiger partial charge < -0.3 is 9.47 Å². The van der Waals surface area contributed by atoms with Crippen LogP contribution in [0.2, 0.25) is 0 Å². The van der Waals surface area contributed by atoms with Crippen molar-refractivity contribution in [3.8, 4) is 11.5 Å². The molecule has 0 amide bonds. The molecule has 2 rings (SSSR count). The summed E-state index contributed by atoms with van der Waals surface area (Å²) < 4.78 is 10.6. The van der Waals surface area contributed by atoms with Gasteiger partial charge in [-0.2, -0.15) is 0 Å². The van der Waals surface area contributed by atoms with E-state index >= 15 is 0 Å². The Morgan fingerprint density at radius 3 is 1.38 bits per heavy atom. The van der Waals surface area contributed by atoms with Gasteiger partial charge in [0.2, 0.25) is 0 Å². The maximum atomic E-state index is 12.0. The van der Waals surface area contributed by atoms with E-state index in [0.29, 0.717) is 22.9 Å². The van der Waals surface area contributed by atoms with Crippen molar-refractivity contribution in [1.29, 1.82) is 0 Å². The molecular weight excluding hydrogens is 332 g/mol. The zero-order valence-electron chi connectivity index (χ0n) is 15.8. The second-order valence-corrected chi connectivity index (χ2v) is 6.17. The molecule has 6 nitrogen and oxygen atoms in total. The van der Waals surface area contributed by atoms with Crippen LogP contribution in [-0.4, -0.2) is 21.9 Å². The van der Waals surface area contributed by atoms with E-state index in [-0.39, 0.29) is 0 Å². The molecule has 0 unspecified atom stereocenters. The van der Waals surface area contributed by atoms with Crippen LogP contribution in [0.15, 0.2) is 24.3 Å². The number of hydrogen-bond acceptors (Lipinski definition) is 6. The van der Waals surface area contributed by atoms with Gasteiger partial charge in [-0.05, 0) is 64.8 Å². The third-order valence-corrected chi connectivity index (χ3v) is 3.67. The first-order chi connectivity index (χ1) is 12.2. The van der Waals surface area contributed by atoms with Gasteiger partial charge in [0, 0.05) is 23.5 Å². The highest BCUT2D eigenvalue weighted by atomic mass is 16.5. The van der Waals surface area contributed by atoms with Gasteiger partial charge in [0.25, 0.3) is 0 Å². The molecule has 0 N–H and O–H groups in total. The summed E-state index contributed by atoms with van der Waals surface area (Å²) in [4.78, 5) is 32.5. The summed E-state index contributed by atoms with van der Waals surface area (Å²) in [7, 11) is 0. The van der Waals surface area contributed by atoms with Crippen molar-refractivity contribution in [3.63, 3.8) is 0 Å². The maximum Gasteiger partial charge on any atom is 0.336 e. The monoisotopic (exact) mass is 354 g/mol. The number of carbonyl (C=O) groups is 2. The molecule has 0 aliphatic heterocycles. The number of esters is 2. The van der Waals surface area contributed by atoms with Crippen molar-refractivity contribution < 1.29 is 19.1 Å². The summed E-state index contributed by atoms with van der Waals surface area (Å²) in [5.74, 6) is -0.551. The second kappa shape index (κ2) is 7.91. The number of nitrogens with zero attached hydrogens (tertiary/aromatic N) is 2. The lowest BCUT2D eigenvalue weighted by Crippen LogP contribution is -2.11. The number of rotatable bonds is 4. The van der Waals surface area contributed by atoms with Crippen LogP contribution in [0.1, 0.15) is 33.9 Å². The lowest BCUT2D eigenvalue weighted by Gasteiger charge is -2.10. The Balaban J connectivity index is 2.06. The highest BCUT2D eigenvalue weighted by Gasteiger charge is 2.12. The molecule has 0 aromatic carbocycles. The quantitative estimate of drug-likeness (QED) is 0.618. The molecule has 0 radical (unpaired) electrons.